The third-order valence-electron chi connectivity index (χ3n) is 6.44. The number of benzene rings is 1. The Balaban J connectivity index is 1.41. The molecule has 0 aliphatic carbocycles. The molecule has 3 aliphatic rings. The number of anilines is 1. The predicted octanol–water partition coefficient (Wildman–Crippen LogP) is 3.22. The summed E-state index contributed by atoms with van der Waals surface area (Å²) in [6.45, 7) is 13.5. The van der Waals surface area contributed by atoms with Gasteiger partial charge in [0.1, 0.15) is 11.4 Å². The van der Waals surface area contributed by atoms with E-state index in [2.05, 4.69) is 41.5 Å². The fraction of sp³-hybridized carbons (Fsp3) is 0.720. The van der Waals surface area contributed by atoms with Crippen LogP contribution in [0.2, 0.25) is 0 Å². The van der Waals surface area contributed by atoms with Gasteiger partial charge in [0.2, 0.25) is 0 Å². The summed E-state index contributed by atoms with van der Waals surface area (Å²) in [5, 5.41) is 6.09. The normalized spacial score (nSPS) is 22.2. The first-order chi connectivity index (χ1) is 15.8. The monoisotopic (exact) mass is 495 g/mol. The van der Waals surface area contributed by atoms with Crippen molar-refractivity contribution in [3.05, 3.63) is 24.3 Å². The Morgan fingerprint density at radius 3 is 2.56 bits per heavy atom. The highest BCUT2D eigenvalue weighted by Crippen LogP contribution is 2.41. The van der Waals surface area contributed by atoms with Gasteiger partial charge in [0.05, 0.1) is 18.1 Å². The molecule has 3 aliphatic heterocycles. The summed E-state index contributed by atoms with van der Waals surface area (Å²) in [5.41, 5.74) is 0.869. The van der Waals surface area contributed by atoms with Crippen LogP contribution in [0.25, 0.3) is 0 Å². The van der Waals surface area contributed by atoms with E-state index in [1.165, 1.54) is 12.1 Å². The van der Waals surface area contributed by atoms with E-state index in [4.69, 9.17) is 9.47 Å². The first kappa shape index (κ1) is 26.6. The van der Waals surface area contributed by atoms with Crippen molar-refractivity contribution in [2.24, 2.45) is 11.3 Å². The number of fused-ring (bicyclic) bond motifs is 4. The molecule has 1 amide bonds. The highest BCUT2D eigenvalue weighted by atomic mass is 32.2. The fourth-order valence-electron chi connectivity index (χ4n) is 4.93. The van der Waals surface area contributed by atoms with Gasteiger partial charge in [0, 0.05) is 31.4 Å². The summed E-state index contributed by atoms with van der Waals surface area (Å²) in [5.74, 6) is 1.29. The quantitative estimate of drug-likeness (QED) is 0.508. The lowest BCUT2D eigenvalue weighted by Crippen LogP contribution is -2.53. The van der Waals surface area contributed by atoms with Crippen LogP contribution in [0.1, 0.15) is 47.5 Å². The number of nitrogens with zero attached hydrogens (tertiary/aromatic N) is 1. The average Bonchev–Trinajstić information content (AvgIpc) is 3.00. The van der Waals surface area contributed by atoms with E-state index in [0.717, 1.165) is 25.4 Å². The molecule has 9 heteroatoms. The van der Waals surface area contributed by atoms with Gasteiger partial charge >= 0.3 is 6.09 Å². The molecule has 0 spiro atoms. The minimum absolute atomic E-state index is 0.0139. The lowest BCUT2D eigenvalue weighted by molar-refractivity contribution is 0.0531. The van der Waals surface area contributed by atoms with Crippen LogP contribution in [-0.4, -0.2) is 70.4 Å². The van der Waals surface area contributed by atoms with E-state index in [9.17, 15) is 13.2 Å². The smallest absolute Gasteiger partial charge is 0.407 e. The third-order valence-corrected chi connectivity index (χ3v) is 8.17. The van der Waals surface area contributed by atoms with Gasteiger partial charge in [0.15, 0.2) is 9.84 Å². The minimum atomic E-state index is -3.28. The number of rotatable bonds is 9. The van der Waals surface area contributed by atoms with Crippen molar-refractivity contribution in [1.82, 2.24) is 10.6 Å². The molecule has 1 aromatic rings. The molecule has 1 aromatic carbocycles. The molecule has 34 heavy (non-hydrogen) atoms. The zero-order chi connectivity index (χ0) is 25.0. The zero-order valence-electron chi connectivity index (χ0n) is 21.2. The first-order valence-corrected chi connectivity index (χ1v) is 14.0. The topological polar surface area (TPSA) is 97.0 Å². The number of alkyl carbamates (subject to hydrolysis) is 1. The average molecular weight is 496 g/mol. The van der Waals surface area contributed by atoms with Gasteiger partial charge < -0.3 is 25.0 Å². The summed E-state index contributed by atoms with van der Waals surface area (Å²) in [6, 6.07) is 8.60. The van der Waals surface area contributed by atoms with Crippen LogP contribution in [0.15, 0.2) is 24.3 Å². The summed E-state index contributed by atoms with van der Waals surface area (Å²) in [4.78, 5) is 14.1. The molecule has 0 aromatic heterocycles. The van der Waals surface area contributed by atoms with Crippen molar-refractivity contribution < 1.29 is 22.7 Å². The number of carbonyl (C=O) groups is 1. The van der Waals surface area contributed by atoms with Gasteiger partial charge in [-0.25, -0.2) is 13.2 Å². The number of hydrogen-bond donors (Lipinski definition) is 2. The first-order valence-electron chi connectivity index (χ1n) is 12.2. The molecule has 0 unspecified atom stereocenters. The molecule has 2 N–H and O–H groups in total. The van der Waals surface area contributed by atoms with Crippen LogP contribution in [-0.2, 0) is 14.6 Å². The molecule has 4 rings (SSSR count). The Labute approximate surface area is 204 Å². The molecule has 2 bridgehead atoms. The fourth-order valence-corrected chi connectivity index (χ4v) is 6.11. The van der Waals surface area contributed by atoms with Gasteiger partial charge in [-0.05, 0) is 75.8 Å². The van der Waals surface area contributed by atoms with E-state index < -0.39 is 21.5 Å². The number of hydrogen-bond acceptors (Lipinski definition) is 7. The third kappa shape index (κ3) is 7.77. The maximum atomic E-state index is 12.2. The van der Waals surface area contributed by atoms with Crippen molar-refractivity contribution in [3.8, 4) is 5.75 Å². The van der Waals surface area contributed by atoms with Gasteiger partial charge in [0.25, 0.3) is 0 Å². The largest absolute Gasteiger partial charge is 0.494 e. The lowest BCUT2D eigenvalue weighted by atomic mass is 9.73. The molecule has 8 nitrogen and oxygen atoms in total. The maximum absolute atomic E-state index is 12.2. The number of piperidine rings is 1. The molecule has 0 radical (unpaired) electrons. The van der Waals surface area contributed by atoms with Crippen LogP contribution in [0, 0.1) is 11.3 Å². The molecular weight excluding hydrogens is 454 g/mol. The second-order valence-electron chi connectivity index (χ2n) is 11.2. The minimum Gasteiger partial charge on any atom is -0.494 e. The Kier molecular flexibility index (Phi) is 8.39. The summed E-state index contributed by atoms with van der Waals surface area (Å²) < 4.78 is 35.3. The number of nitrogens with one attached hydrogen (secondary N) is 2. The molecule has 0 saturated carbocycles. The second-order valence-corrected chi connectivity index (χ2v) is 13.5. The molecule has 192 valence electrons. The Hall–Kier alpha value is -2.00. The molecule has 3 saturated heterocycles. The Morgan fingerprint density at radius 2 is 1.88 bits per heavy atom. The van der Waals surface area contributed by atoms with Gasteiger partial charge in [-0.15, -0.1) is 0 Å². The number of carbonyl (C=O) groups excluding carboxylic acids is 1. The van der Waals surface area contributed by atoms with Crippen LogP contribution in [0.4, 0.5) is 10.5 Å². The van der Waals surface area contributed by atoms with Crippen molar-refractivity contribution in [2.75, 3.05) is 49.2 Å². The highest BCUT2D eigenvalue weighted by molar-refractivity contribution is 7.91. The van der Waals surface area contributed by atoms with Gasteiger partial charge in [-0.2, -0.15) is 0 Å². The number of amides is 1. The zero-order valence-corrected chi connectivity index (χ0v) is 22.0. The SMILES string of the molecule is CC(C)(C)OC(=O)NCCS(=O)(=O)CCCOc1ccc(N2C[C@H]3CNC[C@@H]2C(C)(C)C3)cc1. The summed E-state index contributed by atoms with van der Waals surface area (Å²) in [6.07, 6.45) is 1.04. The van der Waals surface area contributed by atoms with Crippen molar-refractivity contribution in [2.45, 2.75) is 59.1 Å². The van der Waals surface area contributed by atoms with Crippen LogP contribution in [0.5, 0.6) is 5.75 Å². The number of ether oxygens (including phenoxy) is 2. The Bertz CT molecular complexity index is 925. The van der Waals surface area contributed by atoms with Crippen molar-refractivity contribution in [3.63, 3.8) is 0 Å². The predicted molar refractivity (Wildman–Crippen MR) is 135 cm³/mol. The van der Waals surface area contributed by atoms with Crippen molar-refractivity contribution >= 4 is 21.6 Å². The summed E-state index contributed by atoms with van der Waals surface area (Å²) >= 11 is 0. The maximum Gasteiger partial charge on any atom is 0.407 e. The molecular formula is C25H41N3O5S. The van der Waals surface area contributed by atoms with Gasteiger partial charge in [-0.1, -0.05) is 13.8 Å². The van der Waals surface area contributed by atoms with Crippen LogP contribution in [0.3, 0.4) is 0 Å². The van der Waals surface area contributed by atoms with E-state index in [1.54, 1.807) is 20.8 Å². The van der Waals surface area contributed by atoms with Crippen LogP contribution < -0.4 is 20.3 Å². The van der Waals surface area contributed by atoms with E-state index >= 15 is 0 Å². The summed E-state index contributed by atoms with van der Waals surface area (Å²) in [7, 11) is -3.28. The number of sulfone groups is 1. The van der Waals surface area contributed by atoms with E-state index in [1.807, 2.05) is 12.1 Å². The molecule has 3 heterocycles. The van der Waals surface area contributed by atoms with E-state index in [0.29, 0.717) is 25.0 Å². The standard InChI is InChI=1S/C25H41N3O5S/c1-24(2,3)33-23(29)27-11-14-34(30,31)13-6-12-32-21-9-7-20(8-10-21)28-18-19-15-25(4,5)22(28)17-26-16-19/h7-10,19,22,26H,6,11-18H2,1-5H3,(H,27,29)/t19-,22-/m1/s1. The molecule has 3 fully saturated rings. The van der Waals surface area contributed by atoms with Gasteiger partial charge in [-0.3, -0.25) is 0 Å². The highest BCUT2D eigenvalue weighted by Gasteiger charge is 2.43. The van der Waals surface area contributed by atoms with Crippen LogP contribution >= 0.6 is 0 Å². The second kappa shape index (κ2) is 10.7. The molecule has 2 atom stereocenters. The van der Waals surface area contributed by atoms with E-state index in [-0.39, 0.29) is 23.5 Å². The Morgan fingerprint density at radius 1 is 1.18 bits per heavy atom. The van der Waals surface area contributed by atoms with Crippen molar-refractivity contribution in [1.29, 1.82) is 0 Å². The lowest BCUT2D eigenvalue weighted by Gasteiger charge is -2.48.